The molecule has 0 aromatic carbocycles. The van der Waals surface area contributed by atoms with Crippen LogP contribution in [-0.2, 0) is 0 Å². The SMILES string of the molecule is CC1CNC(C2CC2)CN1CC1(C)CCCC1. The fraction of sp³-hybridized carbons (Fsp3) is 1.00. The molecule has 3 rings (SSSR count). The lowest BCUT2D eigenvalue weighted by Crippen LogP contribution is -2.57. The van der Waals surface area contributed by atoms with Crippen molar-refractivity contribution in [2.75, 3.05) is 19.6 Å². The molecule has 3 aliphatic rings. The van der Waals surface area contributed by atoms with Gasteiger partial charge in [-0.1, -0.05) is 19.8 Å². The minimum Gasteiger partial charge on any atom is -0.311 e. The van der Waals surface area contributed by atoms with Gasteiger partial charge in [-0.05, 0) is 43.9 Å². The highest BCUT2D eigenvalue weighted by Crippen LogP contribution is 2.40. The second-order valence-corrected chi connectivity index (χ2v) is 7.15. The maximum absolute atomic E-state index is 3.76. The molecular formula is C15H28N2. The van der Waals surface area contributed by atoms with E-state index in [2.05, 4.69) is 24.1 Å². The van der Waals surface area contributed by atoms with E-state index >= 15 is 0 Å². The maximum Gasteiger partial charge on any atom is 0.0224 e. The highest BCUT2D eigenvalue weighted by Gasteiger charge is 2.39. The molecule has 0 spiro atoms. The van der Waals surface area contributed by atoms with Crippen LogP contribution in [0.15, 0.2) is 0 Å². The number of hydrogen-bond donors (Lipinski definition) is 1. The second kappa shape index (κ2) is 4.55. The molecule has 0 radical (unpaired) electrons. The lowest BCUT2D eigenvalue weighted by molar-refractivity contribution is 0.0824. The van der Waals surface area contributed by atoms with Crippen molar-refractivity contribution < 1.29 is 0 Å². The molecule has 0 amide bonds. The first-order valence-corrected chi connectivity index (χ1v) is 7.64. The Hall–Kier alpha value is -0.0800. The Labute approximate surface area is 106 Å². The van der Waals surface area contributed by atoms with Crippen LogP contribution in [0.5, 0.6) is 0 Å². The molecule has 1 saturated heterocycles. The van der Waals surface area contributed by atoms with Crippen molar-refractivity contribution in [1.29, 1.82) is 0 Å². The molecule has 3 fully saturated rings. The average Bonchev–Trinajstić information content (AvgIpc) is 3.06. The van der Waals surface area contributed by atoms with Crippen LogP contribution in [-0.4, -0.2) is 36.6 Å². The van der Waals surface area contributed by atoms with Gasteiger partial charge in [0.2, 0.25) is 0 Å². The monoisotopic (exact) mass is 236 g/mol. The summed E-state index contributed by atoms with van der Waals surface area (Å²) in [6.07, 6.45) is 8.77. The molecule has 2 nitrogen and oxygen atoms in total. The molecule has 2 aliphatic carbocycles. The third-order valence-electron chi connectivity index (χ3n) is 5.32. The molecule has 0 aromatic heterocycles. The molecule has 2 unspecified atom stereocenters. The summed E-state index contributed by atoms with van der Waals surface area (Å²) in [4.78, 5) is 2.78. The van der Waals surface area contributed by atoms with Gasteiger partial charge in [0.1, 0.15) is 0 Å². The Morgan fingerprint density at radius 2 is 1.94 bits per heavy atom. The Morgan fingerprint density at radius 3 is 2.59 bits per heavy atom. The van der Waals surface area contributed by atoms with E-state index in [4.69, 9.17) is 0 Å². The van der Waals surface area contributed by atoms with Crippen LogP contribution < -0.4 is 5.32 Å². The highest BCUT2D eigenvalue weighted by molar-refractivity contribution is 4.95. The van der Waals surface area contributed by atoms with Crippen molar-refractivity contribution in [2.24, 2.45) is 11.3 Å². The van der Waals surface area contributed by atoms with Gasteiger partial charge in [-0.2, -0.15) is 0 Å². The van der Waals surface area contributed by atoms with Crippen molar-refractivity contribution in [3.05, 3.63) is 0 Å². The van der Waals surface area contributed by atoms with E-state index in [1.54, 1.807) is 0 Å². The Balaban J connectivity index is 1.59. The lowest BCUT2D eigenvalue weighted by atomic mass is 9.87. The summed E-state index contributed by atoms with van der Waals surface area (Å²) in [5.41, 5.74) is 0.625. The molecule has 98 valence electrons. The molecule has 2 heteroatoms. The van der Waals surface area contributed by atoms with Crippen molar-refractivity contribution in [3.8, 4) is 0 Å². The first kappa shape index (κ1) is 12.0. The summed E-state index contributed by atoms with van der Waals surface area (Å²) in [7, 11) is 0. The Morgan fingerprint density at radius 1 is 1.24 bits per heavy atom. The average molecular weight is 236 g/mol. The smallest absolute Gasteiger partial charge is 0.0224 e. The standard InChI is InChI=1S/C15H28N2/c1-12-9-16-14(13-5-6-13)10-17(12)11-15(2)7-3-4-8-15/h12-14,16H,3-11H2,1-2H3. The number of hydrogen-bond acceptors (Lipinski definition) is 2. The first-order valence-electron chi connectivity index (χ1n) is 7.64. The van der Waals surface area contributed by atoms with E-state index in [9.17, 15) is 0 Å². The van der Waals surface area contributed by atoms with Crippen LogP contribution in [0.3, 0.4) is 0 Å². The van der Waals surface area contributed by atoms with Gasteiger partial charge in [-0.15, -0.1) is 0 Å². The van der Waals surface area contributed by atoms with E-state index in [-0.39, 0.29) is 0 Å². The van der Waals surface area contributed by atoms with Gasteiger partial charge < -0.3 is 5.32 Å². The predicted octanol–water partition coefficient (Wildman–Crippen LogP) is 2.64. The predicted molar refractivity (Wildman–Crippen MR) is 72.1 cm³/mol. The van der Waals surface area contributed by atoms with Crippen molar-refractivity contribution in [2.45, 2.75) is 64.5 Å². The van der Waals surface area contributed by atoms with Gasteiger partial charge in [0.25, 0.3) is 0 Å². The quantitative estimate of drug-likeness (QED) is 0.810. The molecule has 2 saturated carbocycles. The van der Waals surface area contributed by atoms with Gasteiger partial charge in [0, 0.05) is 31.7 Å². The summed E-state index contributed by atoms with van der Waals surface area (Å²) in [5.74, 6) is 1.00. The largest absolute Gasteiger partial charge is 0.311 e. The van der Waals surface area contributed by atoms with E-state index in [1.807, 2.05) is 0 Å². The first-order chi connectivity index (χ1) is 8.16. The van der Waals surface area contributed by atoms with E-state index in [1.165, 1.54) is 58.2 Å². The fourth-order valence-electron chi connectivity index (χ4n) is 3.86. The molecular weight excluding hydrogens is 208 g/mol. The van der Waals surface area contributed by atoms with Crippen LogP contribution in [0.1, 0.15) is 52.4 Å². The fourth-order valence-corrected chi connectivity index (χ4v) is 3.86. The molecule has 0 bridgehead atoms. The normalized spacial score (nSPS) is 38.5. The third-order valence-corrected chi connectivity index (χ3v) is 5.32. The van der Waals surface area contributed by atoms with Gasteiger partial charge in [-0.3, -0.25) is 4.90 Å². The van der Waals surface area contributed by atoms with Crippen molar-refractivity contribution in [3.63, 3.8) is 0 Å². The Bertz CT molecular complexity index is 266. The Kier molecular flexibility index (Phi) is 3.20. The van der Waals surface area contributed by atoms with Crippen LogP contribution in [0.25, 0.3) is 0 Å². The molecule has 0 aromatic rings. The summed E-state index contributed by atoms with van der Waals surface area (Å²) >= 11 is 0. The minimum absolute atomic E-state index is 0.625. The van der Waals surface area contributed by atoms with Crippen molar-refractivity contribution >= 4 is 0 Å². The molecule has 1 aliphatic heterocycles. The van der Waals surface area contributed by atoms with Crippen LogP contribution in [0.4, 0.5) is 0 Å². The number of nitrogens with one attached hydrogen (secondary N) is 1. The van der Waals surface area contributed by atoms with Gasteiger partial charge >= 0.3 is 0 Å². The van der Waals surface area contributed by atoms with E-state index in [0.29, 0.717) is 5.41 Å². The summed E-state index contributed by atoms with van der Waals surface area (Å²) in [6, 6.07) is 1.54. The van der Waals surface area contributed by atoms with Crippen molar-refractivity contribution in [1.82, 2.24) is 10.2 Å². The van der Waals surface area contributed by atoms with Gasteiger partial charge in [0.05, 0.1) is 0 Å². The number of piperazine rings is 1. The zero-order valence-corrected chi connectivity index (χ0v) is 11.5. The molecule has 2 atom stereocenters. The number of nitrogens with zero attached hydrogens (tertiary/aromatic N) is 1. The van der Waals surface area contributed by atoms with Gasteiger partial charge in [0.15, 0.2) is 0 Å². The molecule has 17 heavy (non-hydrogen) atoms. The summed E-state index contributed by atoms with van der Waals surface area (Å²) < 4.78 is 0. The van der Waals surface area contributed by atoms with Crippen LogP contribution >= 0.6 is 0 Å². The van der Waals surface area contributed by atoms with Gasteiger partial charge in [-0.25, -0.2) is 0 Å². The minimum atomic E-state index is 0.625. The summed E-state index contributed by atoms with van der Waals surface area (Å²) in [6.45, 7) is 8.77. The highest BCUT2D eigenvalue weighted by atomic mass is 15.2. The van der Waals surface area contributed by atoms with Crippen LogP contribution in [0, 0.1) is 11.3 Å². The molecule has 1 heterocycles. The van der Waals surface area contributed by atoms with Crippen LogP contribution in [0.2, 0.25) is 0 Å². The maximum atomic E-state index is 3.76. The second-order valence-electron chi connectivity index (χ2n) is 7.15. The zero-order chi connectivity index (χ0) is 11.9. The zero-order valence-electron chi connectivity index (χ0n) is 11.5. The molecule has 1 N–H and O–H groups in total. The number of rotatable bonds is 3. The topological polar surface area (TPSA) is 15.3 Å². The third kappa shape index (κ3) is 2.68. The summed E-state index contributed by atoms with van der Waals surface area (Å²) in [5, 5.41) is 3.76. The van der Waals surface area contributed by atoms with E-state index in [0.717, 1.165) is 18.0 Å². The lowest BCUT2D eigenvalue weighted by Gasteiger charge is -2.43. The van der Waals surface area contributed by atoms with E-state index < -0.39 is 0 Å².